The van der Waals surface area contributed by atoms with E-state index in [9.17, 15) is 9.59 Å². The summed E-state index contributed by atoms with van der Waals surface area (Å²) in [5, 5.41) is 0.937. The molecule has 1 aromatic carbocycles. The predicted molar refractivity (Wildman–Crippen MR) is 106 cm³/mol. The molecule has 0 radical (unpaired) electrons. The van der Waals surface area contributed by atoms with Crippen molar-refractivity contribution in [3.8, 4) is 0 Å². The Kier molecular flexibility index (Phi) is 5.78. The zero-order valence-electron chi connectivity index (χ0n) is 16.6. The summed E-state index contributed by atoms with van der Waals surface area (Å²) >= 11 is 0. The quantitative estimate of drug-likeness (QED) is 0.771. The molecular weight excluding hydrogens is 340 g/mol. The molecule has 0 bridgehead atoms. The van der Waals surface area contributed by atoms with Crippen molar-refractivity contribution in [2.24, 2.45) is 11.8 Å². The Bertz CT molecular complexity index is 852. The minimum Gasteiger partial charge on any atom is -0.452 e. The van der Waals surface area contributed by atoms with E-state index >= 15 is 0 Å². The van der Waals surface area contributed by atoms with Crippen molar-refractivity contribution in [1.29, 1.82) is 0 Å². The number of pyridine rings is 1. The third-order valence-electron chi connectivity index (χ3n) is 5.31. The summed E-state index contributed by atoms with van der Waals surface area (Å²) in [5.41, 5.74) is 2.93. The van der Waals surface area contributed by atoms with Gasteiger partial charge in [-0.3, -0.25) is 9.78 Å². The van der Waals surface area contributed by atoms with Gasteiger partial charge in [-0.25, -0.2) is 4.79 Å². The molecule has 1 fully saturated rings. The van der Waals surface area contributed by atoms with Gasteiger partial charge in [0.15, 0.2) is 6.61 Å². The highest BCUT2D eigenvalue weighted by Crippen LogP contribution is 2.24. The van der Waals surface area contributed by atoms with Gasteiger partial charge in [-0.2, -0.15) is 0 Å². The van der Waals surface area contributed by atoms with Gasteiger partial charge in [-0.15, -0.1) is 0 Å². The fraction of sp³-hybridized carbons (Fsp3) is 0.500. The van der Waals surface area contributed by atoms with Crippen LogP contribution in [0.15, 0.2) is 24.3 Å². The van der Waals surface area contributed by atoms with E-state index in [1.165, 1.54) is 0 Å². The number of carbonyl (C=O) groups is 2. The molecule has 5 nitrogen and oxygen atoms in total. The second-order valence-corrected chi connectivity index (χ2v) is 7.75. The Labute approximate surface area is 160 Å². The number of esters is 1. The van der Waals surface area contributed by atoms with Gasteiger partial charge in [0.1, 0.15) is 0 Å². The van der Waals surface area contributed by atoms with E-state index < -0.39 is 5.97 Å². The van der Waals surface area contributed by atoms with Crippen molar-refractivity contribution in [2.45, 2.75) is 40.5 Å². The molecule has 1 aromatic heterocycles. The van der Waals surface area contributed by atoms with Gasteiger partial charge in [0, 0.05) is 18.5 Å². The Hall–Kier alpha value is -2.43. The zero-order valence-corrected chi connectivity index (χ0v) is 16.6. The molecule has 0 saturated carbocycles. The summed E-state index contributed by atoms with van der Waals surface area (Å²) in [6.07, 6.45) is 1.76. The fourth-order valence-electron chi connectivity index (χ4n) is 4.12. The van der Waals surface area contributed by atoms with Crippen molar-refractivity contribution in [3.63, 3.8) is 0 Å². The van der Waals surface area contributed by atoms with Crippen molar-refractivity contribution in [1.82, 2.24) is 9.88 Å². The number of aryl methyl sites for hydroxylation is 2. The first kappa shape index (κ1) is 19.3. The number of piperidine rings is 1. The lowest BCUT2D eigenvalue weighted by Gasteiger charge is -2.34. The average Bonchev–Trinajstić information content (AvgIpc) is 2.64. The van der Waals surface area contributed by atoms with Gasteiger partial charge < -0.3 is 9.64 Å². The molecule has 0 N–H and O–H groups in total. The lowest BCUT2D eigenvalue weighted by atomic mass is 9.92. The molecule has 144 valence electrons. The molecule has 27 heavy (non-hydrogen) atoms. The first-order valence-corrected chi connectivity index (χ1v) is 9.73. The Morgan fingerprint density at radius 1 is 1.19 bits per heavy atom. The molecule has 0 unspecified atom stereocenters. The molecular formula is C22H28N2O3. The van der Waals surface area contributed by atoms with Crippen LogP contribution in [0.1, 0.15) is 48.8 Å². The number of fused-ring (bicyclic) bond motifs is 1. The van der Waals surface area contributed by atoms with Gasteiger partial charge in [0.05, 0.1) is 16.8 Å². The van der Waals surface area contributed by atoms with E-state index in [0.717, 1.165) is 36.0 Å². The molecule has 0 spiro atoms. The van der Waals surface area contributed by atoms with E-state index in [4.69, 9.17) is 4.74 Å². The molecule has 2 heterocycles. The number of hydrogen-bond donors (Lipinski definition) is 0. The average molecular weight is 368 g/mol. The lowest BCUT2D eigenvalue weighted by molar-refractivity contribution is -0.137. The molecule has 5 heteroatoms. The largest absolute Gasteiger partial charge is 0.452 e. The summed E-state index contributed by atoms with van der Waals surface area (Å²) in [7, 11) is 0. The van der Waals surface area contributed by atoms with E-state index in [1.54, 1.807) is 0 Å². The van der Waals surface area contributed by atoms with E-state index in [1.807, 2.05) is 43.0 Å². The first-order chi connectivity index (χ1) is 12.9. The zero-order chi connectivity index (χ0) is 19.6. The van der Waals surface area contributed by atoms with Crippen molar-refractivity contribution < 1.29 is 14.3 Å². The van der Waals surface area contributed by atoms with E-state index in [-0.39, 0.29) is 12.5 Å². The van der Waals surface area contributed by atoms with Crippen LogP contribution in [0.2, 0.25) is 0 Å². The van der Waals surface area contributed by atoms with Crippen LogP contribution >= 0.6 is 0 Å². The smallest absolute Gasteiger partial charge is 0.340 e. The number of nitrogens with zero attached hydrogens (tertiary/aromatic N) is 2. The van der Waals surface area contributed by atoms with E-state index in [2.05, 4.69) is 18.8 Å². The number of aromatic nitrogens is 1. The van der Waals surface area contributed by atoms with Crippen LogP contribution in [0, 0.1) is 18.8 Å². The predicted octanol–water partition coefficient (Wildman–Crippen LogP) is 3.77. The minimum absolute atomic E-state index is 0.119. The van der Waals surface area contributed by atoms with Gasteiger partial charge in [0.2, 0.25) is 0 Å². The summed E-state index contributed by atoms with van der Waals surface area (Å²) in [4.78, 5) is 31.7. The summed E-state index contributed by atoms with van der Waals surface area (Å²) in [5.74, 6) is 0.374. The van der Waals surface area contributed by atoms with Crippen LogP contribution in [0.5, 0.6) is 0 Å². The third kappa shape index (κ3) is 4.12. The van der Waals surface area contributed by atoms with E-state index in [0.29, 0.717) is 29.5 Å². The number of hydrogen-bond acceptors (Lipinski definition) is 4. The molecule has 1 amide bonds. The number of rotatable bonds is 4. The van der Waals surface area contributed by atoms with Gasteiger partial charge >= 0.3 is 5.97 Å². The number of likely N-dealkylation sites (tertiary alicyclic amines) is 1. The molecule has 1 saturated heterocycles. The molecule has 1 aliphatic heterocycles. The number of ether oxygens (including phenoxy) is 1. The van der Waals surface area contributed by atoms with Crippen molar-refractivity contribution >= 4 is 22.8 Å². The van der Waals surface area contributed by atoms with Crippen LogP contribution in [0.25, 0.3) is 10.9 Å². The van der Waals surface area contributed by atoms with Crippen LogP contribution in [-0.4, -0.2) is 41.5 Å². The molecule has 1 aliphatic rings. The fourth-order valence-corrected chi connectivity index (χ4v) is 4.12. The highest BCUT2D eigenvalue weighted by molar-refractivity contribution is 5.99. The SMILES string of the molecule is CCc1nc2ccccc2c(C)c1C(=O)OCC(=O)N1C[C@H](C)C[C@@H](C)C1. The molecule has 0 aliphatic carbocycles. The minimum atomic E-state index is -0.464. The van der Waals surface area contributed by atoms with Crippen molar-refractivity contribution in [3.05, 3.63) is 41.1 Å². The van der Waals surface area contributed by atoms with Crippen LogP contribution < -0.4 is 0 Å². The third-order valence-corrected chi connectivity index (χ3v) is 5.31. The maximum atomic E-state index is 12.8. The lowest BCUT2D eigenvalue weighted by Crippen LogP contribution is -2.44. The highest BCUT2D eigenvalue weighted by atomic mass is 16.5. The maximum Gasteiger partial charge on any atom is 0.340 e. The Morgan fingerprint density at radius 2 is 1.85 bits per heavy atom. The highest BCUT2D eigenvalue weighted by Gasteiger charge is 2.27. The number of para-hydroxylation sites is 1. The number of benzene rings is 1. The molecule has 3 rings (SSSR count). The van der Waals surface area contributed by atoms with Gasteiger partial charge in [-0.05, 0) is 43.2 Å². The topological polar surface area (TPSA) is 59.5 Å². The first-order valence-electron chi connectivity index (χ1n) is 9.73. The van der Waals surface area contributed by atoms with Crippen LogP contribution in [-0.2, 0) is 16.0 Å². The van der Waals surface area contributed by atoms with Gasteiger partial charge in [0.25, 0.3) is 5.91 Å². The second kappa shape index (κ2) is 8.07. The Morgan fingerprint density at radius 3 is 2.52 bits per heavy atom. The molecule has 2 aromatic rings. The van der Waals surface area contributed by atoms with Crippen molar-refractivity contribution in [2.75, 3.05) is 19.7 Å². The van der Waals surface area contributed by atoms with Crippen LogP contribution in [0.4, 0.5) is 0 Å². The van der Waals surface area contributed by atoms with Crippen LogP contribution in [0.3, 0.4) is 0 Å². The Balaban J connectivity index is 1.76. The van der Waals surface area contributed by atoms with Gasteiger partial charge in [-0.1, -0.05) is 39.0 Å². The number of amides is 1. The number of carbonyl (C=O) groups excluding carboxylic acids is 2. The normalized spacial score (nSPS) is 19.9. The summed E-state index contributed by atoms with van der Waals surface area (Å²) in [6, 6.07) is 7.76. The maximum absolute atomic E-state index is 12.8. The molecule has 2 atom stereocenters. The monoisotopic (exact) mass is 368 g/mol. The summed E-state index contributed by atoms with van der Waals surface area (Å²) in [6.45, 7) is 9.44. The summed E-state index contributed by atoms with van der Waals surface area (Å²) < 4.78 is 5.42. The second-order valence-electron chi connectivity index (χ2n) is 7.75. The standard InChI is InChI=1S/C22H28N2O3/c1-5-18-21(16(4)17-8-6-7-9-19(17)23-18)22(26)27-13-20(25)24-11-14(2)10-15(3)12-24/h6-9,14-15H,5,10-13H2,1-4H3/t14-,15-/m1/s1.